The number of pyridine rings is 1. The molecule has 1 saturated carbocycles. The molecule has 3 heteroatoms. The summed E-state index contributed by atoms with van der Waals surface area (Å²) in [4.78, 5) is 7.19. The maximum absolute atomic E-state index is 5.77. The van der Waals surface area contributed by atoms with E-state index >= 15 is 0 Å². The molecule has 1 heterocycles. The second-order valence-electron chi connectivity index (χ2n) is 4.80. The van der Waals surface area contributed by atoms with E-state index < -0.39 is 0 Å². The van der Waals surface area contributed by atoms with Gasteiger partial charge < -0.3 is 10.6 Å². The summed E-state index contributed by atoms with van der Waals surface area (Å²) >= 11 is 0. The zero-order chi connectivity index (χ0) is 12.3. The molecule has 2 N–H and O–H groups in total. The Balaban J connectivity index is 2.27. The molecule has 0 atom stereocenters. The van der Waals surface area contributed by atoms with Gasteiger partial charge in [0, 0.05) is 24.8 Å². The number of rotatable bonds is 6. The number of hydrogen-bond donors (Lipinski definition) is 1. The Morgan fingerprint density at radius 1 is 1.35 bits per heavy atom. The molecule has 94 valence electrons. The fourth-order valence-corrected chi connectivity index (χ4v) is 2.28. The zero-order valence-corrected chi connectivity index (χ0v) is 10.9. The van der Waals surface area contributed by atoms with E-state index in [9.17, 15) is 0 Å². The van der Waals surface area contributed by atoms with Crippen molar-refractivity contribution in [3.05, 3.63) is 23.4 Å². The van der Waals surface area contributed by atoms with Gasteiger partial charge in [0.05, 0.1) is 0 Å². The minimum atomic E-state index is 0.606. The Kier molecular flexibility index (Phi) is 4.00. The van der Waals surface area contributed by atoms with Crippen molar-refractivity contribution >= 4 is 5.82 Å². The second-order valence-corrected chi connectivity index (χ2v) is 4.80. The van der Waals surface area contributed by atoms with Gasteiger partial charge in [-0.25, -0.2) is 4.98 Å². The van der Waals surface area contributed by atoms with Gasteiger partial charge in [0.25, 0.3) is 0 Å². The van der Waals surface area contributed by atoms with Crippen molar-refractivity contribution in [2.24, 2.45) is 5.73 Å². The molecule has 1 aliphatic rings. The maximum Gasteiger partial charge on any atom is 0.129 e. The van der Waals surface area contributed by atoms with E-state index in [1.807, 2.05) is 0 Å². The predicted octanol–water partition coefficient (Wildman–Crippen LogP) is 2.48. The smallest absolute Gasteiger partial charge is 0.129 e. The lowest BCUT2D eigenvalue weighted by Gasteiger charge is -2.22. The van der Waals surface area contributed by atoms with Crippen LogP contribution >= 0.6 is 0 Å². The van der Waals surface area contributed by atoms with Crippen LogP contribution in [-0.4, -0.2) is 17.6 Å². The topological polar surface area (TPSA) is 42.1 Å². The molecule has 1 aromatic rings. The quantitative estimate of drug-likeness (QED) is 0.820. The predicted molar refractivity (Wildman–Crippen MR) is 72.2 cm³/mol. The van der Waals surface area contributed by atoms with Crippen LogP contribution in [0.5, 0.6) is 0 Å². The summed E-state index contributed by atoms with van der Waals surface area (Å²) in [5.74, 6) is 1.13. The molecule has 0 aromatic carbocycles. The average molecular weight is 233 g/mol. The van der Waals surface area contributed by atoms with Crippen LogP contribution in [0.15, 0.2) is 12.1 Å². The van der Waals surface area contributed by atoms with Gasteiger partial charge in [-0.15, -0.1) is 0 Å². The Bertz CT molecular complexity index is 372. The summed E-state index contributed by atoms with van der Waals surface area (Å²) in [5, 5.41) is 0. The number of anilines is 1. The SMILES string of the molecule is CCCc1cc(CN)cc(N(CC)C2CC2)n1. The summed E-state index contributed by atoms with van der Waals surface area (Å²) in [7, 11) is 0. The summed E-state index contributed by atoms with van der Waals surface area (Å²) in [6.45, 7) is 6.04. The highest BCUT2D eigenvalue weighted by Crippen LogP contribution is 2.31. The van der Waals surface area contributed by atoms with Crippen LogP contribution in [0, 0.1) is 0 Å². The minimum Gasteiger partial charge on any atom is -0.354 e. The van der Waals surface area contributed by atoms with E-state index in [1.165, 1.54) is 24.1 Å². The highest BCUT2D eigenvalue weighted by molar-refractivity contribution is 5.45. The van der Waals surface area contributed by atoms with Gasteiger partial charge in [0.15, 0.2) is 0 Å². The normalized spacial score (nSPS) is 15.0. The van der Waals surface area contributed by atoms with Crippen molar-refractivity contribution < 1.29 is 0 Å². The first-order valence-corrected chi connectivity index (χ1v) is 6.75. The lowest BCUT2D eigenvalue weighted by atomic mass is 10.1. The van der Waals surface area contributed by atoms with Gasteiger partial charge in [-0.3, -0.25) is 0 Å². The van der Waals surface area contributed by atoms with Crippen molar-refractivity contribution in [2.75, 3.05) is 11.4 Å². The molecule has 1 aliphatic carbocycles. The van der Waals surface area contributed by atoms with Gasteiger partial charge in [-0.2, -0.15) is 0 Å². The Hall–Kier alpha value is -1.09. The molecule has 0 unspecified atom stereocenters. The lowest BCUT2D eigenvalue weighted by molar-refractivity contribution is 0.790. The molecular weight excluding hydrogens is 210 g/mol. The van der Waals surface area contributed by atoms with Crippen molar-refractivity contribution in [1.82, 2.24) is 4.98 Å². The van der Waals surface area contributed by atoms with Crippen LogP contribution in [0.25, 0.3) is 0 Å². The third kappa shape index (κ3) is 2.97. The maximum atomic E-state index is 5.77. The largest absolute Gasteiger partial charge is 0.354 e. The van der Waals surface area contributed by atoms with E-state index in [0.29, 0.717) is 6.54 Å². The van der Waals surface area contributed by atoms with E-state index in [4.69, 9.17) is 10.7 Å². The van der Waals surface area contributed by atoms with Crippen molar-refractivity contribution in [1.29, 1.82) is 0 Å². The van der Waals surface area contributed by atoms with E-state index in [1.54, 1.807) is 0 Å². The van der Waals surface area contributed by atoms with E-state index in [2.05, 4.69) is 30.9 Å². The fourth-order valence-electron chi connectivity index (χ4n) is 2.28. The highest BCUT2D eigenvalue weighted by atomic mass is 15.2. The highest BCUT2D eigenvalue weighted by Gasteiger charge is 2.29. The van der Waals surface area contributed by atoms with Crippen LogP contribution in [0.2, 0.25) is 0 Å². The molecule has 0 spiro atoms. The number of aromatic nitrogens is 1. The molecule has 2 rings (SSSR count). The molecule has 3 nitrogen and oxygen atoms in total. The van der Waals surface area contributed by atoms with Gasteiger partial charge in [-0.1, -0.05) is 13.3 Å². The number of nitrogens with zero attached hydrogens (tertiary/aromatic N) is 2. The van der Waals surface area contributed by atoms with Crippen LogP contribution in [0.4, 0.5) is 5.82 Å². The van der Waals surface area contributed by atoms with Crippen LogP contribution in [0.1, 0.15) is 44.4 Å². The van der Waals surface area contributed by atoms with E-state index in [0.717, 1.165) is 31.2 Å². The van der Waals surface area contributed by atoms with Gasteiger partial charge >= 0.3 is 0 Å². The molecule has 1 aromatic heterocycles. The minimum absolute atomic E-state index is 0.606. The summed E-state index contributed by atoms with van der Waals surface area (Å²) in [5.41, 5.74) is 8.16. The third-order valence-electron chi connectivity index (χ3n) is 3.29. The Morgan fingerprint density at radius 3 is 2.65 bits per heavy atom. The molecule has 17 heavy (non-hydrogen) atoms. The Labute approximate surface area is 104 Å². The zero-order valence-electron chi connectivity index (χ0n) is 10.9. The molecular formula is C14H23N3. The standard InChI is InChI=1S/C14H23N3/c1-3-5-12-8-11(10-15)9-14(16-12)17(4-2)13-6-7-13/h8-9,13H,3-7,10,15H2,1-2H3. The van der Waals surface area contributed by atoms with Gasteiger partial charge in [0.2, 0.25) is 0 Å². The number of aryl methyl sites for hydroxylation is 1. The lowest BCUT2D eigenvalue weighted by Crippen LogP contribution is -2.26. The van der Waals surface area contributed by atoms with Crippen molar-refractivity contribution in [2.45, 2.75) is 52.1 Å². The van der Waals surface area contributed by atoms with E-state index in [-0.39, 0.29) is 0 Å². The number of hydrogen-bond acceptors (Lipinski definition) is 3. The number of nitrogens with two attached hydrogens (primary N) is 1. The van der Waals surface area contributed by atoms with Crippen LogP contribution in [-0.2, 0) is 13.0 Å². The molecule has 1 fully saturated rings. The Morgan fingerprint density at radius 2 is 2.12 bits per heavy atom. The first kappa shape index (κ1) is 12.4. The van der Waals surface area contributed by atoms with Crippen LogP contribution in [0.3, 0.4) is 0 Å². The third-order valence-corrected chi connectivity index (χ3v) is 3.29. The molecule has 0 aliphatic heterocycles. The van der Waals surface area contributed by atoms with Crippen LogP contribution < -0.4 is 10.6 Å². The molecule has 0 amide bonds. The van der Waals surface area contributed by atoms with Gasteiger partial charge in [-0.05, 0) is 43.9 Å². The van der Waals surface area contributed by atoms with Crippen molar-refractivity contribution in [3.63, 3.8) is 0 Å². The van der Waals surface area contributed by atoms with Crippen molar-refractivity contribution in [3.8, 4) is 0 Å². The van der Waals surface area contributed by atoms with Gasteiger partial charge in [0.1, 0.15) is 5.82 Å². The summed E-state index contributed by atoms with van der Waals surface area (Å²) in [6.07, 6.45) is 4.80. The molecule has 0 radical (unpaired) electrons. The summed E-state index contributed by atoms with van der Waals surface area (Å²) in [6, 6.07) is 5.02. The average Bonchev–Trinajstić information content (AvgIpc) is 3.15. The first-order chi connectivity index (χ1) is 8.28. The second kappa shape index (κ2) is 5.50. The monoisotopic (exact) mass is 233 g/mol. The summed E-state index contributed by atoms with van der Waals surface area (Å²) < 4.78 is 0. The molecule has 0 bridgehead atoms. The first-order valence-electron chi connectivity index (χ1n) is 6.75. The molecule has 0 saturated heterocycles. The fraction of sp³-hybridized carbons (Fsp3) is 0.643.